The van der Waals surface area contributed by atoms with Crippen molar-refractivity contribution in [3.05, 3.63) is 71.9 Å². The average Bonchev–Trinajstić information content (AvgIpc) is 1.60. The average molecular weight is 1400 g/mol. The summed E-state index contributed by atoms with van der Waals surface area (Å²) >= 11 is 0. The molecule has 18 atom stereocenters. The molecule has 0 aliphatic carbocycles. The highest BCUT2D eigenvalue weighted by Crippen LogP contribution is 2.45. The maximum atomic E-state index is 12.9. The first-order chi connectivity index (χ1) is 46.9. The third kappa shape index (κ3) is 30.5. The van der Waals surface area contributed by atoms with Crippen LogP contribution in [0, 0.1) is 11.8 Å². The van der Waals surface area contributed by atoms with E-state index < -0.39 is 78.4 Å². The number of hydrogen-bond donors (Lipinski definition) is 7. The second-order valence-corrected chi connectivity index (χ2v) is 28.0. The Hall–Kier alpha value is -5.59. The van der Waals surface area contributed by atoms with Crippen molar-refractivity contribution >= 4 is 41.4 Å². The molecule has 26 nitrogen and oxygen atoms in total. The van der Waals surface area contributed by atoms with Crippen molar-refractivity contribution in [3.63, 3.8) is 0 Å². The lowest BCUT2D eigenvalue weighted by molar-refractivity contribution is -0.152. The highest BCUT2D eigenvalue weighted by molar-refractivity contribution is 5.88. The largest absolute Gasteiger partial charge is 0.481 e. The first kappa shape index (κ1) is 84.1. The number of rotatable bonds is 21. The zero-order chi connectivity index (χ0) is 73.0. The van der Waals surface area contributed by atoms with Gasteiger partial charge in [0.25, 0.3) is 5.97 Å². The molecule has 3 amide bonds. The molecule has 0 radical (unpaired) electrons. The molecule has 9 heterocycles. The molecule has 99 heavy (non-hydrogen) atoms. The smallest absolute Gasteiger partial charge is 0.303 e. The van der Waals surface area contributed by atoms with E-state index >= 15 is 0 Å². The van der Waals surface area contributed by atoms with E-state index in [2.05, 4.69) is 65.8 Å². The molecule has 0 bridgehead atoms. The zero-order valence-corrected chi connectivity index (χ0v) is 60.9. The molecule has 0 aromatic carbocycles. The first-order valence-electron chi connectivity index (χ1n) is 35.4. The number of ketones is 1. The van der Waals surface area contributed by atoms with E-state index in [0.717, 1.165) is 83.4 Å². The summed E-state index contributed by atoms with van der Waals surface area (Å²) in [6.45, 7) is 29.6. The monoisotopic (exact) mass is 1400 g/mol. The van der Waals surface area contributed by atoms with Crippen LogP contribution in [0.5, 0.6) is 0 Å². The van der Waals surface area contributed by atoms with Gasteiger partial charge in [-0.05, 0) is 118 Å². The van der Waals surface area contributed by atoms with Gasteiger partial charge in [-0.15, -0.1) is 0 Å². The van der Waals surface area contributed by atoms with Crippen LogP contribution in [0.1, 0.15) is 140 Å². The number of carboxylic acid groups (broad SMARTS) is 1. The molecule has 7 N–H and O–H groups in total. The number of nitrogens with zero attached hydrogens (tertiary/aromatic N) is 3. The molecule has 9 saturated heterocycles. The summed E-state index contributed by atoms with van der Waals surface area (Å²) in [5, 5.41) is 47.5. The van der Waals surface area contributed by atoms with Crippen molar-refractivity contribution in [2.45, 2.75) is 237 Å². The summed E-state index contributed by atoms with van der Waals surface area (Å²) in [5.41, 5.74) is 0.709. The second-order valence-electron chi connectivity index (χ2n) is 28.0. The molecule has 26 heteroatoms. The van der Waals surface area contributed by atoms with Crippen LogP contribution in [0.25, 0.3) is 0 Å². The summed E-state index contributed by atoms with van der Waals surface area (Å²) in [6, 6.07) is -0.250. The molecule has 9 aliphatic rings. The van der Waals surface area contributed by atoms with Crippen molar-refractivity contribution in [1.82, 2.24) is 30.7 Å². The van der Waals surface area contributed by atoms with E-state index in [4.69, 9.17) is 57.6 Å². The minimum absolute atomic E-state index is 0.00524. The number of aliphatic carboxylic acids is 1. The van der Waals surface area contributed by atoms with Gasteiger partial charge >= 0.3 is 11.9 Å². The Morgan fingerprint density at radius 2 is 1.01 bits per heavy atom. The third-order valence-corrected chi connectivity index (χ3v) is 18.9. The molecule has 9 fully saturated rings. The highest BCUT2D eigenvalue weighted by Gasteiger charge is 2.59. The van der Waals surface area contributed by atoms with Gasteiger partial charge in [-0.3, -0.25) is 33.6 Å². The Bertz CT molecular complexity index is 2740. The Balaban J connectivity index is 0.000000292. The molecule has 0 aromatic rings. The van der Waals surface area contributed by atoms with Gasteiger partial charge in [-0.1, -0.05) is 61.4 Å². The van der Waals surface area contributed by atoms with E-state index in [-0.39, 0.29) is 84.4 Å². The lowest BCUT2D eigenvalue weighted by Crippen LogP contribution is -2.52. The Morgan fingerprint density at radius 3 is 1.36 bits per heavy atom. The number of Topliss-reactive ketones (excluding diaryl/α,β-unsaturated/α-hetero) is 1. The Morgan fingerprint density at radius 1 is 0.606 bits per heavy atom. The topological polar surface area (TPSA) is 336 Å². The number of nitrogens with one attached hydrogen (secondary N) is 3. The number of carbonyl (C=O) groups is 7. The van der Waals surface area contributed by atoms with Crippen molar-refractivity contribution in [3.8, 4) is 0 Å². The lowest BCUT2D eigenvalue weighted by Gasteiger charge is -2.39. The summed E-state index contributed by atoms with van der Waals surface area (Å²) < 4.78 is 50.9. The molecule has 0 saturated carbocycles. The number of likely N-dealkylation sites (N-methyl/N-ethyl adjacent to an activating group) is 2. The SMILES string of the molecule is C1CCOC1.CC(=O)O.CC(=O)O[C@@H](C)/C=C\C(=O)N[C@@H]1C[C@H](C)[C@H](C/C=C(C)/C=C/[C@H]2O[C@H](CC(=O)CO)C[C@@]3(CO3)[C@H]2O)O[C@@H]1C.CC(=O)O[C@@H](C)/C=C\C(=O)N[C@@H]1C[C@H](C)[C@H](C/C=C(C)/C=C/[C@H]2O[C@H](CC(=O)N3CCN(C)CC3)C[C@@]3(CO3)[C@H]2O)O[C@@H]1C.CN1CCNCC1. The van der Waals surface area contributed by atoms with Gasteiger partial charge in [0, 0.05) is 118 Å². The van der Waals surface area contributed by atoms with Crippen LogP contribution in [0.15, 0.2) is 71.9 Å². The van der Waals surface area contributed by atoms with E-state index in [9.17, 15) is 39.0 Å². The summed E-state index contributed by atoms with van der Waals surface area (Å²) in [5.74, 6) is -1.89. The fourth-order valence-corrected chi connectivity index (χ4v) is 12.8. The summed E-state index contributed by atoms with van der Waals surface area (Å²) in [7, 11) is 4.22. The number of carbonyl (C=O) groups excluding carboxylic acids is 6. The number of amides is 3. The number of esters is 2. The van der Waals surface area contributed by atoms with Crippen LogP contribution in [0.2, 0.25) is 0 Å². The Kier molecular flexibility index (Phi) is 35.8. The quantitative estimate of drug-likeness (QED) is 0.0361. The summed E-state index contributed by atoms with van der Waals surface area (Å²) in [6.07, 6.45) is 19.7. The number of allylic oxidation sites excluding steroid dienone is 4. The predicted molar refractivity (Wildman–Crippen MR) is 371 cm³/mol. The van der Waals surface area contributed by atoms with Gasteiger partial charge in [-0.25, -0.2) is 0 Å². The third-order valence-electron chi connectivity index (χ3n) is 18.9. The van der Waals surface area contributed by atoms with Crippen LogP contribution < -0.4 is 16.0 Å². The van der Waals surface area contributed by atoms with Crippen LogP contribution in [-0.4, -0.2) is 273 Å². The van der Waals surface area contributed by atoms with Gasteiger partial charge in [0.2, 0.25) is 17.7 Å². The fraction of sp³-hybridized carbons (Fsp3) is 0.740. The molecule has 2 spiro atoms. The molecule has 9 rings (SSSR count). The van der Waals surface area contributed by atoms with Gasteiger partial charge in [0.1, 0.15) is 54.4 Å². The molecular formula is C73H118N6O20. The number of aliphatic hydroxyl groups excluding tert-OH is 3. The second kappa shape index (κ2) is 42.1. The molecule has 9 aliphatic heterocycles. The Labute approximate surface area is 586 Å². The zero-order valence-electron chi connectivity index (χ0n) is 60.9. The standard InChI is InChI=1S/C33H51N3O8.C29H43NO9.C5H12N2.C4H8O.C2H4O2/c1-21(7-10-28-22(2)17-27(24(4)43-28)34-30(38)12-9-23(3)42-25(5)37)8-11-29-32(40)33(20-41-33)19-26(44-29)18-31(39)36-15-13-35(6)14-16-36;1-17(7-10-26-28(35)29(16-36-29)14-23(39-26)13-22(33)15-31)6-9-25-18(2)12-24(20(4)38-25)30-27(34)11-8-19(3)37-21(5)32;1-7-4-2-6-3-5-7;1-2-4-5-3-1;1-2(3)4/h7-9,11-12,22-24,26-29,32,40H,10,13-20H2,1-6H3,(H,34,38);6-8,10-11,18-20,23-26,28,31,35H,9,12-16H2,1-5H3,(H,30,34);6H,2-5H2,1H3;1-4H2;1H3,(H,3,4)/b11-8+,12-9-,21-7+;10-7+,11-8-,17-6+;;;/t22-,23-,24+,26+,27+,28-,29+,32-,33+;18-,19-,20+,23+,24+,25-,26+,28-,29+;;;/m00.../s1. The van der Waals surface area contributed by atoms with Gasteiger partial charge in [0.05, 0.1) is 68.3 Å². The number of epoxide rings is 2. The predicted octanol–water partition coefficient (Wildman–Crippen LogP) is 4.47. The minimum atomic E-state index is -0.833. The van der Waals surface area contributed by atoms with Gasteiger partial charge < -0.3 is 93.7 Å². The van der Waals surface area contributed by atoms with Crippen molar-refractivity contribution in [1.29, 1.82) is 0 Å². The van der Waals surface area contributed by atoms with Crippen molar-refractivity contribution in [2.75, 3.05) is 99.5 Å². The lowest BCUT2D eigenvalue weighted by atomic mass is 9.87. The van der Waals surface area contributed by atoms with E-state index in [1.54, 1.807) is 32.1 Å². The van der Waals surface area contributed by atoms with Gasteiger partial charge in [-0.2, -0.15) is 0 Å². The van der Waals surface area contributed by atoms with Crippen molar-refractivity contribution < 1.29 is 96.6 Å². The fourth-order valence-electron chi connectivity index (χ4n) is 12.8. The number of hydrogen-bond acceptors (Lipinski definition) is 22. The van der Waals surface area contributed by atoms with E-state index in [0.29, 0.717) is 45.3 Å². The van der Waals surface area contributed by atoms with E-state index in [1.807, 2.05) is 50.8 Å². The molecule has 560 valence electrons. The maximum absolute atomic E-state index is 12.9. The first-order valence-corrected chi connectivity index (χ1v) is 35.4. The summed E-state index contributed by atoms with van der Waals surface area (Å²) in [4.78, 5) is 86.9. The minimum Gasteiger partial charge on any atom is -0.481 e. The van der Waals surface area contributed by atoms with Crippen LogP contribution in [0.3, 0.4) is 0 Å². The van der Waals surface area contributed by atoms with Gasteiger partial charge in [0.15, 0.2) is 5.78 Å². The number of piperazine rings is 2. The normalized spacial score (nSPS) is 33.2. The highest BCUT2D eigenvalue weighted by atomic mass is 16.6. The van der Waals surface area contributed by atoms with E-state index in [1.165, 1.54) is 51.9 Å². The molecular weight excluding hydrogens is 1280 g/mol. The van der Waals surface area contributed by atoms with Crippen LogP contribution in [0.4, 0.5) is 0 Å². The molecule has 0 aromatic heterocycles. The van der Waals surface area contributed by atoms with Crippen LogP contribution >= 0.6 is 0 Å². The number of carboxylic acids is 1. The number of aliphatic hydroxyl groups is 3. The molecule has 0 unspecified atom stereocenters. The van der Waals surface area contributed by atoms with Crippen molar-refractivity contribution in [2.24, 2.45) is 11.8 Å². The number of ether oxygens (including phenoxy) is 9. The van der Waals surface area contributed by atoms with Crippen LogP contribution in [-0.2, 0) is 76.2 Å². The maximum Gasteiger partial charge on any atom is 0.303 e.